The minimum atomic E-state index is -0.531. The van der Waals surface area contributed by atoms with Crippen molar-refractivity contribution in [3.63, 3.8) is 0 Å². The Labute approximate surface area is 120 Å². The SMILES string of the molecule is CC(C)CCNC(=O)C(C)(C)c1c[nH]c2ccccc12. The normalized spacial score (nSPS) is 12.1. The third-order valence-electron chi connectivity index (χ3n) is 3.84. The Kier molecular flexibility index (Phi) is 4.17. The van der Waals surface area contributed by atoms with E-state index in [0.717, 1.165) is 29.4 Å². The van der Waals surface area contributed by atoms with Gasteiger partial charge in [-0.15, -0.1) is 0 Å². The van der Waals surface area contributed by atoms with Crippen molar-refractivity contribution < 1.29 is 4.79 Å². The molecule has 0 saturated heterocycles. The number of para-hydroxylation sites is 1. The van der Waals surface area contributed by atoms with Crippen LogP contribution in [0.25, 0.3) is 10.9 Å². The molecule has 3 nitrogen and oxygen atoms in total. The van der Waals surface area contributed by atoms with Gasteiger partial charge in [-0.25, -0.2) is 0 Å². The standard InChI is InChI=1S/C17H24N2O/c1-12(2)9-10-18-16(20)17(3,4)14-11-19-15-8-6-5-7-13(14)15/h5-8,11-12,19H,9-10H2,1-4H3,(H,18,20). The Morgan fingerprint density at radius 2 is 2.00 bits per heavy atom. The predicted octanol–water partition coefficient (Wildman–Crippen LogP) is 3.61. The lowest BCUT2D eigenvalue weighted by atomic mass is 9.83. The highest BCUT2D eigenvalue weighted by Crippen LogP contribution is 2.30. The maximum atomic E-state index is 12.5. The highest BCUT2D eigenvalue weighted by atomic mass is 16.2. The summed E-state index contributed by atoms with van der Waals surface area (Å²) in [5.41, 5.74) is 1.59. The van der Waals surface area contributed by atoms with E-state index in [-0.39, 0.29) is 5.91 Å². The topological polar surface area (TPSA) is 44.9 Å². The Balaban J connectivity index is 2.19. The molecule has 108 valence electrons. The number of amides is 1. The van der Waals surface area contributed by atoms with E-state index in [1.165, 1.54) is 0 Å². The van der Waals surface area contributed by atoms with E-state index < -0.39 is 5.41 Å². The number of hydrogen-bond donors (Lipinski definition) is 2. The van der Waals surface area contributed by atoms with Gasteiger partial charge in [0.1, 0.15) is 0 Å². The molecule has 20 heavy (non-hydrogen) atoms. The summed E-state index contributed by atoms with van der Waals surface area (Å²) >= 11 is 0. The molecule has 2 N–H and O–H groups in total. The number of hydrogen-bond acceptors (Lipinski definition) is 1. The number of carbonyl (C=O) groups excluding carboxylic acids is 1. The molecule has 2 rings (SSSR count). The van der Waals surface area contributed by atoms with Crippen molar-refractivity contribution in [2.75, 3.05) is 6.54 Å². The Morgan fingerprint density at radius 3 is 2.70 bits per heavy atom. The summed E-state index contributed by atoms with van der Waals surface area (Å²) in [6.07, 6.45) is 2.96. The quantitative estimate of drug-likeness (QED) is 0.858. The van der Waals surface area contributed by atoms with Crippen LogP contribution in [0.3, 0.4) is 0 Å². The van der Waals surface area contributed by atoms with Crippen LogP contribution in [0.1, 0.15) is 39.7 Å². The molecule has 0 bridgehead atoms. The zero-order valence-electron chi connectivity index (χ0n) is 12.8. The van der Waals surface area contributed by atoms with Gasteiger partial charge in [0, 0.05) is 23.6 Å². The van der Waals surface area contributed by atoms with E-state index in [4.69, 9.17) is 0 Å². The first-order valence-electron chi connectivity index (χ1n) is 7.28. The van der Waals surface area contributed by atoms with Gasteiger partial charge in [-0.05, 0) is 37.8 Å². The van der Waals surface area contributed by atoms with Crippen LogP contribution in [0.2, 0.25) is 0 Å². The van der Waals surface area contributed by atoms with E-state index in [0.29, 0.717) is 5.92 Å². The lowest BCUT2D eigenvalue weighted by Crippen LogP contribution is -2.40. The van der Waals surface area contributed by atoms with Gasteiger partial charge >= 0.3 is 0 Å². The van der Waals surface area contributed by atoms with Crippen LogP contribution < -0.4 is 5.32 Å². The summed E-state index contributed by atoms with van der Waals surface area (Å²) in [6.45, 7) is 9.02. The fourth-order valence-corrected chi connectivity index (χ4v) is 2.41. The second-order valence-electron chi connectivity index (χ2n) is 6.31. The highest BCUT2D eigenvalue weighted by molar-refractivity contribution is 5.94. The van der Waals surface area contributed by atoms with Crippen molar-refractivity contribution in [2.45, 2.75) is 39.5 Å². The molecule has 1 heterocycles. The number of aromatic amines is 1. The maximum absolute atomic E-state index is 12.5. The molecule has 1 aromatic carbocycles. The number of aromatic nitrogens is 1. The number of carbonyl (C=O) groups is 1. The molecule has 2 aromatic rings. The fourth-order valence-electron chi connectivity index (χ4n) is 2.41. The summed E-state index contributed by atoms with van der Waals surface area (Å²) in [4.78, 5) is 15.7. The van der Waals surface area contributed by atoms with Gasteiger partial charge in [0.15, 0.2) is 0 Å². The van der Waals surface area contributed by atoms with Gasteiger partial charge < -0.3 is 10.3 Å². The average molecular weight is 272 g/mol. The molecule has 0 aliphatic heterocycles. The third kappa shape index (κ3) is 2.87. The van der Waals surface area contributed by atoms with Crippen molar-refractivity contribution in [1.82, 2.24) is 10.3 Å². The molecule has 0 unspecified atom stereocenters. The number of fused-ring (bicyclic) bond motifs is 1. The Hall–Kier alpha value is -1.77. The molecule has 0 atom stereocenters. The first-order valence-corrected chi connectivity index (χ1v) is 7.28. The summed E-state index contributed by atoms with van der Waals surface area (Å²) in [6, 6.07) is 8.10. The van der Waals surface area contributed by atoms with Crippen LogP contribution >= 0.6 is 0 Å². The molecule has 0 aliphatic carbocycles. The Morgan fingerprint density at radius 1 is 1.30 bits per heavy atom. The van der Waals surface area contributed by atoms with Gasteiger partial charge in [-0.1, -0.05) is 32.0 Å². The van der Waals surface area contributed by atoms with Crippen molar-refractivity contribution >= 4 is 16.8 Å². The van der Waals surface area contributed by atoms with Crippen LogP contribution in [-0.2, 0) is 10.2 Å². The van der Waals surface area contributed by atoms with Gasteiger partial charge in [-0.2, -0.15) is 0 Å². The monoisotopic (exact) mass is 272 g/mol. The number of benzene rings is 1. The molecule has 0 saturated carbocycles. The molecular formula is C17H24N2O. The van der Waals surface area contributed by atoms with Crippen LogP contribution in [0.4, 0.5) is 0 Å². The van der Waals surface area contributed by atoms with Gasteiger partial charge in [0.2, 0.25) is 5.91 Å². The summed E-state index contributed by atoms with van der Waals surface area (Å²) < 4.78 is 0. The minimum Gasteiger partial charge on any atom is -0.361 e. The largest absolute Gasteiger partial charge is 0.361 e. The number of nitrogens with one attached hydrogen (secondary N) is 2. The lowest BCUT2D eigenvalue weighted by molar-refractivity contribution is -0.125. The van der Waals surface area contributed by atoms with E-state index >= 15 is 0 Å². The van der Waals surface area contributed by atoms with Gasteiger partial charge in [-0.3, -0.25) is 4.79 Å². The van der Waals surface area contributed by atoms with E-state index in [2.05, 4.69) is 30.2 Å². The van der Waals surface area contributed by atoms with Gasteiger partial charge in [0.25, 0.3) is 0 Å². The first-order chi connectivity index (χ1) is 9.43. The predicted molar refractivity (Wildman–Crippen MR) is 83.8 cm³/mol. The van der Waals surface area contributed by atoms with E-state index in [1.807, 2.05) is 38.2 Å². The van der Waals surface area contributed by atoms with Gasteiger partial charge in [0.05, 0.1) is 5.41 Å². The number of rotatable bonds is 5. The molecular weight excluding hydrogens is 248 g/mol. The second-order valence-corrected chi connectivity index (χ2v) is 6.31. The summed E-state index contributed by atoms with van der Waals surface area (Å²) in [5, 5.41) is 4.18. The smallest absolute Gasteiger partial charge is 0.230 e. The van der Waals surface area contributed by atoms with Crippen molar-refractivity contribution in [3.05, 3.63) is 36.0 Å². The van der Waals surface area contributed by atoms with Crippen LogP contribution in [0.5, 0.6) is 0 Å². The summed E-state index contributed by atoms with van der Waals surface area (Å²) in [5.74, 6) is 0.689. The van der Waals surface area contributed by atoms with E-state index in [1.54, 1.807) is 0 Å². The second kappa shape index (κ2) is 5.70. The highest BCUT2D eigenvalue weighted by Gasteiger charge is 2.31. The minimum absolute atomic E-state index is 0.0860. The lowest BCUT2D eigenvalue weighted by Gasteiger charge is -2.23. The zero-order valence-corrected chi connectivity index (χ0v) is 12.8. The van der Waals surface area contributed by atoms with Crippen molar-refractivity contribution in [1.29, 1.82) is 0 Å². The zero-order chi connectivity index (χ0) is 14.8. The van der Waals surface area contributed by atoms with E-state index in [9.17, 15) is 4.79 Å². The molecule has 3 heteroatoms. The van der Waals surface area contributed by atoms with Crippen LogP contribution in [0.15, 0.2) is 30.5 Å². The maximum Gasteiger partial charge on any atom is 0.230 e. The van der Waals surface area contributed by atoms with Crippen molar-refractivity contribution in [2.24, 2.45) is 5.92 Å². The molecule has 1 aromatic heterocycles. The molecule has 0 spiro atoms. The molecule has 0 fully saturated rings. The Bertz CT molecular complexity index is 596. The van der Waals surface area contributed by atoms with Crippen LogP contribution in [-0.4, -0.2) is 17.4 Å². The fraction of sp³-hybridized carbons (Fsp3) is 0.471. The van der Waals surface area contributed by atoms with Crippen molar-refractivity contribution in [3.8, 4) is 0 Å². The van der Waals surface area contributed by atoms with Crippen LogP contribution in [0, 0.1) is 5.92 Å². The summed E-state index contributed by atoms with van der Waals surface area (Å²) in [7, 11) is 0. The number of H-pyrrole nitrogens is 1. The first kappa shape index (κ1) is 14.6. The molecule has 0 radical (unpaired) electrons. The third-order valence-corrected chi connectivity index (χ3v) is 3.84. The average Bonchev–Trinajstić information content (AvgIpc) is 2.82. The molecule has 1 amide bonds. The molecule has 0 aliphatic rings.